The molecule has 7 heteroatoms. The van der Waals surface area contributed by atoms with Crippen LogP contribution in [-0.2, 0) is 9.53 Å². The third-order valence-corrected chi connectivity index (χ3v) is 4.94. The van der Waals surface area contributed by atoms with Gasteiger partial charge < -0.3 is 19.5 Å². The van der Waals surface area contributed by atoms with Gasteiger partial charge in [0.1, 0.15) is 5.69 Å². The van der Waals surface area contributed by atoms with Gasteiger partial charge in [-0.05, 0) is 26.5 Å². The monoisotopic (exact) mass is 383 g/mol. The van der Waals surface area contributed by atoms with E-state index >= 15 is 0 Å². The average molecular weight is 383 g/mol. The number of ketones is 1. The molecule has 0 saturated carbocycles. The molecule has 2 aromatic rings. The Labute approximate surface area is 164 Å². The topological polar surface area (TPSA) is 82.7 Å². The summed E-state index contributed by atoms with van der Waals surface area (Å²) in [7, 11) is 1.98. The van der Waals surface area contributed by atoms with Crippen LogP contribution in [0.15, 0.2) is 30.3 Å². The van der Waals surface area contributed by atoms with Gasteiger partial charge in [-0.3, -0.25) is 9.59 Å². The van der Waals surface area contributed by atoms with Crippen LogP contribution in [0.25, 0.3) is 11.1 Å². The number of aromatic nitrogens is 1. The molecule has 0 aliphatic carbocycles. The van der Waals surface area contributed by atoms with Crippen molar-refractivity contribution in [1.29, 1.82) is 0 Å². The fourth-order valence-corrected chi connectivity index (χ4v) is 3.41. The number of benzene rings is 1. The molecule has 1 aromatic heterocycles. The fourth-order valence-electron chi connectivity index (χ4n) is 3.41. The van der Waals surface area contributed by atoms with Crippen LogP contribution >= 0.6 is 0 Å². The molecule has 1 aliphatic heterocycles. The van der Waals surface area contributed by atoms with Gasteiger partial charge in [-0.1, -0.05) is 30.3 Å². The zero-order chi connectivity index (χ0) is 20.3. The number of esters is 1. The van der Waals surface area contributed by atoms with Crippen molar-refractivity contribution in [2.45, 2.75) is 13.8 Å². The standard InChI is InChI=1S/C21H25N3O4/c1-4-28-21(27)16-14(2)22-18(17(16)15-8-6-5-7-9-15)19(25)20(26)24-12-10-23(3)11-13-24/h5-9,22H,4,10-13H2,1-3H3. The van der Waals surface area contributed by atoms with Crippen molar-refractivity contribution < 1.29 is 19.1 Å². The number of piperazine rings is 1. The number of aromatic amines is 1. The number of likely N-dealkylation sites (N-methyl/N-ethyl adjacent to an activating group) is 1. The molecule has 28 heavy (non-hydrogen) atoms. The third kappa shape index (κ3) is 3.84. The lowest BCUT2D eigenvalue weighted by molar-refractivity contribution is -0.127. The summed E-state index contributed by atoms with van der Waals surface area (Å²) in [5.41, 5.74) is 2.04. The summed E-state index contributed by atoms with van der Waals surface area (Å²) in [6.45, 7) is 6.12. The highest BCUT2D eigenvalue weighted by Gasteiger charge is 2.32. The normalized spacial score (nSPS) is 14.8. The van der Waals surface area contributed by atoms with Crippen molar-refractivity contribution in [3.63, 3.8) is 0 Å². The minimum atomic E-state index is -0.637. The van der Waals surface area contributed by atoms with E-state index < -0.39 is 17.7 Å². The Morgan fingerprint density at radius 1 is 1.07 bits per heavy atom. The van der Waals surface area contributed by atoms with Crippen LogP contribution in [0.4, 0.5) is 0 Å². The molecule has 0 spiro atoms. The van der Waals surface area contributed by atoms with Crippen molar-refractivity contribution in [3.05, 3.63) is 47.3 Å². The summed E-state index contributed by atoms with van der Waals surface area (Å²) in [5.74, 6) is -1.70. The first-order valence-electron chi connectivity index (χ1n) is 9.41. The molecule has 1 aromatic carbocycles. The lowest BCUT2D eigenvalue weighted by atomic mass is 9.98. The van der Waals surface area contributed by atoms with Crippen LogP contribution in [0.2, 0.25) is 0 Å². The first-order valence-corrected chi connectivity index (χ1v) is 9.41. The SMILES string of the molecule is CCOC(=O)c1c(C)[nH]c(C(=O)C(=O)N2CCN(C)CC2)c1-c1ccccc1. The number of nitrogens with zero attached hydrogens (tertiary/aromatic N) is 2. The fraction of sp³-hybridized carbons (Fsp3) is 0.381. The number of hydrogen-bond acceptors (Lipinski definition) is 5. The number of aryl methyl sites for hydroxylation is 1. The Morgan fingerprint density at radius 3 is 2.32 bits per heavy atom. The summed E-state index contributed by atoms with van der Waals surface area (Å²) in [6, 6.07) is 9.11. The van der Waals surface area contributed by atoms with Gasteiger partial charge in [-0.15, -0.1) is 0 Å². The second-order valence-electron chi connectivity index (χ2n) is 6.89. The molecule has 0 bridgehead atoms. The van der Waals surface area contributed by atoms with Crippen LogP contribution in [0, 0.1) is 6.92 Å². The largest absolute Gasteiger partial charge is 0.462 e. The number of ether oxygens (including phenoxy) is 1. The van der Waals surface area contributed by atoms with Crippen molar-refractivity contribution in [3.8, 4) is 11.1 Å². The molecule has 3 rings (SSSR count). The molecule has 2 heterocycles. The molecule has 1 amide bonds. The van der Waals surface area contributed by atoms with Crippen LogP contribution in [0.1, 0.15) is 33.5 Å². The highest BCUT2D eigenvalue weighted by molar-refractivity contribution is 6.43. The van der Waals surface area contributed by atoms with Crippen molar-refractivity contribution >= 4 is 17.7 Å². The molecule has 148 valence electrons. The second-order valence-corrected chi connectivity index (χ2v) is 6.89. The number of H-pyrrole nitrogens is 1. The van der Waals surface area contributed by atoms with E-state index in [-0.39, 0.29) is 12.3 Å². The molecule has 7 nitrogen and oxygen atoms in total. The lowest BCUT2D eigenvalue weighted by Crippen LogP contribution is -2.49. The maximum atomic E-state index is 13.1. The molecule has 1 saturated heterocycles. The summed E-state index contributed by atoms with van der Waals surface area (Å²) in [4.78, 5) is 45.1. The zero-order valence-electron chi connectivity index (χ0n) is 16.4. The number of Topliss-reactive ketones (excluding diaryl/α,β-unsaturated/α-hetero) is 1. The van der Waals surface area contributed by atoms with Crippen LogP contribution in [-0.4, -0.2) is 72.3 Å². The van der Waals surface area contributed by atoms with Crippen LogP contribution in [0.5, 0.6) is 0 Å². The van der Waals surface area contributed by atoms with E-state index in [0.717, 1.165) is 13.1 Å². The van der Waals surface area contributed by atoms with Gasteiger partial charge in [0, 0.05) is 37.4 Å². The summed E-state index contributed by atoms with van der Waals surface area (Å²) >= 11 is 0. The summed E-state index contributed by atoms with van der Waals surface area (Å²) < 4.78 is 5.18. The molecule has 1 aliphatic rings. The number of nitrogens with one attached hydrogen (secondary N) is 1. The van der Waals surface area contributed by atoms with E-state index in [1.165, 1.54) is 0 Å². The minimum Gasteiger partial charge on any atom is -0.462 e. The molecular formula is C21H25N3O4. The van der Waals surface area contributed by atoms with Crippen LogP contribution < -0.4 is 0 Å². The van der Waals surface area contributed by atoms with Gasteiger partial charge >= 0.3 is 5.97 Å². The average Bonchev–Trinajstić information content (AvgIpc) is 3.05. The molecular weight excluding hydrogens is 358 g/mol. The molecule has 0 unspecified atom stereocenters. The molecule has 0 radical (unpaired) electrons. The number of carbonyl (C=O) groups is 3. The Hall–Kier alpha value is -2.93. The predicted octanol–water partition coefficient (Wildman–Crippen LogP) is 2.12. The molecule has 0 atom stereocenters. The maximum Gasteiger partial charge on any atom is 0.340 e. The quantitative estimate of drug-likeness (QED) is 0.486. The second kappa shape index (κ2) is 8.39. The van der Waals surface area contributed by atoms with Crippen LogP contribution in [0.3, 0.4) is 0 Å². The minimum absolute atomic E-state index is 0.135. The Kier molecular flexibility index (Phi) is 5.94. The maximum absolute atomic E-state index is 13.1. The lowest BCUT2D eigenvalue weighted by Gasteiger charge is -2.31. The van der Waals surface area contributed by atoms with Crippen molar-refractivity contribution in [2.24, 2.45) is 0 Å². The van der Waals surface area contributed by atoms with Crippen molar-refractivity contribution in [1.82, 2.24) is 14.8 Å². The first kappa shape index (κ1) is 19.8. The Morgan fingerprint density at radius 2 is 1.71 bits per heavy atom. The Bertz CT molecular complexity index is 881. The van der Waals surface area contributed by atoms with Gasteiger partial charge in [0.05, 0.1) is 12.2 Å². The predicted molar refractivity (Wildman–Crippen MR) is 105 cm³/mol. The third-order valence-electron chi connectivity index (χ3n) is 4.94. The first-order chi connectivity index (χ1) is 13.4. The van der Waals surface area contributed by atoms with E-state index in [4.69, 9.17) is 4.74 Å². The van der Waals surface area contributed by atoms with Gasteiger partial charge in [0.15, 0.2) is 0 Å². The van der Waals surface area contributed by atoms with Gasteiger partial charge in [0.25, 0.3) is 11.7 Å². The van der Waals surface area contributed by atoms with E-state index in [9.17, 15) is 14.4 Å². The number of rotatable bonds is 5. The summed E-state index contributed by atoms with van der Waals surface area (Å²) in [6.07, 6.45) is 0. The zero-order valence-corrected chi connectivity index (χ0v) is 16.4. The smallest absolute Gasteiger partial charge is 0.340 e. The Balaban J connectivity index is 2.03. The highest BCUT2D eigenvalue weighted by Crippen LogP contribution is 2.31. The van der Waals surface area contributed by atoms with E-state index in [1.54, 1.807) is 18.7 Å². The molecule has 1 fully saturated rings. The highest BCUT2D eigenvalue weighted by atomic mass is 16.5. The summed E-state index contributed by atoms with van der Waals surface area (Å²) in [5, 5.41) is 0. The van der Waals surface area contributed by atoms with Gasteiger partial charge in [0.2, 0.25) is 0 Å². The molecule has 1 N–H and O–H groups in total. The number of amides is 1. The van der Waals surface area contributed by atoms with Crippen molar-refractivity contribution in [2.75, 3.05) is 39.8 Å². The van der Waals surface area contributed by atoms with E-state index in [1.807, 2.05) is 37.4 Å². The van der Waals surface area contributed by atoms with Gasteiger partial charge in [-0.2, -0.15) is 0 Å². The van der Waals surface area contributed by atoms with E-state index in [0.29, 0.717) is 35.5 Å². The number of hydrogen-bond donors (Lipinski definition) is 1. The number of carbonyl (C=O) groups excluding carboxylic acids is 3. The van der Waals surface area contributed by atoms with Gasteiger partial charge in [-0.25, -0.2) is 4.79 Å². The van der Waals surface area contributed by atoms with E-state index in [2.05, 4.69) is 9.88 Å².